The van der Waals surface area contributed by atoms with Crippen LogP contribution in [0.3, 0.4) is 0 Å². The quantitative estimate of drug-likeness (QED) is 0.793. The number of benzene rings is 2. The highest BCUT2D eigenvalue weighted by Gasteiger charge is 2.07. The van der Waals surface area contributed by atoms with Gasteiger partial charge < -0.3 is 10.1 Å². The van der Waals surface area contributed by atoms with Crippen molar-refractivity contribution in [2.24, 2.45) is 0 Å². The molecule has 0 aliphatic rings. The van der Waals surface area contributed by atoms with Crippen molar-refractivity contribution >= 4 is 21.6 Å². The number of hydrogen-bond acceptors (Lipinski definition) is 2. The normalized spacial score (nSPS) is 10.4. The number of anilines is 1. The van der Waals surface area contributed by atoms with Gasteiger partial charge in [0.15, 0.2) is 0 Å². The third-order valence-corrected chi connectivity index (χ3v) is 3.33. The van der Waals surface area contributed by atoms with Crippen LogP contribution in [0.4, 0.5) is 14.5 Å². The van der Waals surface area contributed by atoms with E-state index in [2.05, 4.69) is 21.2 Å². The standard InChI is InChI=1S/C15H14BrF2NO/c1-2-20-11-5-3-10(4-6-11)9-19-15-8-13(17)12(16)7-14(15)18/h3-8,19H,2,9H2,1H3. The van der Waals surface area contributed by atoms with Crippen molar-refractivity contribution < 1.29 is 13.5 Å². The molecule has 5 heteroatoms. The molecule has 0 unspecified atom stereocenters. The van der Waals surface area contributed by atoms with E-state index in [0.29, 0.717) is 13.2 Å². The summed E-state index contributed by atoms with van der Waals surface area (Å²) in [6, 6.07) is 9.69. The SMILES string of the molecule is CCOc1ccc(CNc2cc(F)c(Br)cc2F)cc1. The van der Waals surface area contributed by atoms with Gasteiger partial charge in [-0.05, 0) is 46.6 Å². The maximum atomic E-state index is 13.6. The Labute approximate surface area is 124 Å². The van der Waals surface area contributed by atoms with Crippen molar-refractivity contribution in [3.05, 3.63) is 58.1 Å². The number of nitrogens with one attached hydrogen (secondary N) is 1. The van der Waals surface area contributed by atoms with Crippen molar-refractivity contribution in [1.82, 2.24) is 0 Å². The minimum absolute atomic E-state index is 0.113. The number of rotatable bonds is 5. The first-order valence-electron chi connectivity index (χ1n) is 6.20. The van der Waals surface area contributed by atoms with Gasteiger partial charge in [-0.2, -0.15) is 0 Å². The Bertz CT molecular complexity index is 587. The molecule has 0 saturated heterocycles. The zero-order chi connectivity index (χ0) is 14.5. The Balaban J connectivity index is 2.03. The molecule has 0 atom stereocenters. The second-order valence-corrected chi connectivity index (χ2v) is 5.03. The van der Waals surface area contributed by atoms with Gasteiger partial charge in [-0.25, -0.2) is 8.78 Å². The molecule has 0 aromatic heterocycles. The molecule has 0 bridgehead atoms. The molecule has 2 rings (SSSR count). The Morgan fingerprint density at radius 2 is 1.80 bits per heavy atom. The van der Waals surface area contributed by atoms with Gasteiger partial charge in [0.05, 0.1) is 16.8 Å². The van der Waals surface area contributed by atoms with Gasteiger partial charge in [-0.1, -0.05) is 12.1 Å². The molecule has 20 heavy (non-hydrogen) atoms. The van der Waals surface area contributed by atoms with Crippen LogP contribution in [0, 0.1) is 11.6 Å². The fourth-order valence-corrected chi connectivity index (χ4v) is 2.04. The van der Waals surface area contributed by atoms with Gasteiger partial charge in [0.25, 0.3) is 0 Å². The second kappa shape index (κ2) is 6.70. The lowest BCUT2D eigenvalue weighted by atomic mass is 10.2. The highest BCUT2D eigenvalue weighted by molar-refractivity contribution is 9.10. The van der Waals surface area contributed by atoms with Crippen molar-refractivity contribution in [1.29, 1.82) is 0 Å². The van der Waals surface area contributed by atoms with Crippen molar-refractivity contribution in [2.45, 2.75) is 13.5 Å². The maximum Gasteiger partial charge on any atom is 0.147 e. The molecule has 0 radical (unpaired) electrons. The summed E-state index contributed by atoms with van der Waals surface area (Å²) >= 11 is 2.94. The van der Waals surface area contributed by atoms with Gasteiger partial charge >= 0.3 is 0 Å². The Kier molecular flexibility index (Phi) is 4.95. The molecule has 1 N–H and O–H groups in total. The summed E-state index contributed by atoms with van der Waals surface area (Å²) in [4.78, 5) is 0. The highest BCUT2D eigenvalue weighted by atomic mass is 79.9. The van der Waals surface area contributed by atoms with E-state index in [-0.39, 0.29) is 10.2 Å². The fraction of sp³-hybridized carbons (Fsp3) is 0.200. The Morgan fingerprint density at radius 1 is 1.10 bits per heavy atom. The molecule has 2 nitrogen and oxygen atoms in total. The van der Waals surface area contributed by atoms with E-state index in [4.69, 9.17) is 4.74 Å². The Morgan fingerprint density at radius 3 is 2.45 bits per heavy atom. The summed E-state index contributed by atoms with van der Waals surface area (Å²) in [5, 5.41) is 2.87. The summed E-state index contributed by atoms with van der Waals surface area (Å²) < 4.78 is 32.4. The third-order valence-electron chi connectivity index (χ3n) is 2.73. The summed E-state index contributed by atoms with van der Waals surface area (Å²) in [6.45, 7) is 2.94. The van der Waals surface area contributed by atoms with Gasteiger partial charge in [0, 0.05) is 12.6 Å². The van der Waals surface area contributed by atoms with Crippen LogP contribution in [0.25, 0.3) is 0 Å². The molecule has 0 fully saturated rings. The van der Waals surface area contributed by atoms with Gasteiger partial charge in [-0.15, -0.1) is 0 Å². The van der Waals surface area contributed by atoms with Crippen molar-refractivity contribution in [3.63, 3.8) is 0 Å². The van der Waals surface area contributed by atoms with E-state index in [1.807, 2.05) is 31.2 Å². The van der Waals surface area contributed by atoms with E-state index < -0.39 is 11.6 Å². The molecule has 0 aliphatic heterocycles. The fourth-order valence-electron chi connectivity index (χ4n) is 1.73. The molecular weight excluding hydrogens is 328 g/mol. The molecule has 0 aliphatic carbocycles. The average molecular weight is 342 g/mol. The molecule has 2 aromatic rings. The van der Waals surface area contributed by atoms with Crippen molar-refractivity contribution in [3.8, 4) is 5.75 Å². The predicted octanol–water partition coefficient (Wildman–Crippen LogP) is 4.74. The third kappa shape index (κ3) is 3.70. The second-order valence-electron chi connectivity index (χ2n) is 4.18. The van der Waals surface area contributed by atoms with E-state index in [9.17, 15) is 8.78 Å². The summed E-state index contributed by atoms with van der Waals surface area (Å²) in [6.07, 6.45) is 0. The highest BCUT2D eigenvalue weighted by Crippen LogP contribution is 2.24. The first kappa shape index (κ1) is 14.8. The van der Waals surface area contributed by atoms with Gasteiger partial charge in [-0.3, -0.25) is 0 Å². The first-order valence-corrected chi connectivity index (χ1v) is 6.99. The van der Waals surface area contributed by atoms with Crippen LogP contribution >= 0.6 is 15.9 Å². The minimum atomic E-state index is -0.499. The van der Waals surface area contributed by atoms with E-state index in [1.54, 1.807) is 0 Å². The van der Waals surface area contributed by atoms with E-state index in [1.165, 1.54) is 0 Å². The monoisotopic (exact) mass is 341 g/mol. The average Bonchev–Trinajstić information content (AvgIpc) is 2.43. The lowest BCUT2D eigenvalue weighted by Gasteiger charge is -2.09. The Hall–Kier alpha value is -1.62. The van der Waals surface area contributed by atoms with Crippen molar-refractivity contribution in [2.75, 3.05) is 11.9 Å². The van der Waals surface area contributed by atoms with Crippen LogP contribution < -0.4 is 10.1 Å². The molecule has 2 aromatic carbocycles. The van der Waals surface area contributed by atoms with E-state index >= 15 is 0 Å². The summed E-state index contributed by atoms with van der Waals surface area (Å²) in [5.74, 6) is -0.207. The summed E-state index contributed by atoms with van der Waals surface area (Å²) in [5.41, 5.74) is 1.09. The molecule has 0 heterocycles. The van der Waals surface area contributed by atoms with Crippen LogP contribution in [0.15, 0.2) is 40.9 Å². The van der Waals surface area contributed by atoms with Crippen LogP contribution in [-0.2, 0) is 6.54 Å². The zero-order valence-electron chi connectivity index (χ0n) is 10.9. The van der Waals surface area contributed by atoms with Crippen LogP contribution in [0.2, 0.25) is 0 Å². The largest absolute Gasteiger partial charge is 0.494 e. The summed E-state index contributed by atoms with van der Waals surface area (Å²) in [7, 11) is 0. The van der Waals surface area contributed by atoms with Crippen LogP contribution in [0.1, 0.15) is 12.5 Å². The topological polar surface area (TPSA) is 21.3 Å². The maximum absolute atomic E-state index is 13.6. The smallest absolute Gasteiger partial charge is 0.147 e. The molecule has 0 spiro atoms. The molecule has 0 saturated carbocycles. The van der Waals surface area contributed by atoms with Crippen LogP contribution in [-0.4, -0.2) is 6.61 Å². The lowest BCUT2D eigenvalue weighted by Crippen LogP contribution is -2.02. The number of hydrogen-bond donors (Lipinski definition) is 1. The molecule has 0 amide bonds. The van der Waals surface area contributed by atoms with Gasteiger partial charge in [0.2, 0.25) is 0 Å². The number of halogens is 3. The molecular formula is C15H14BrF2NO. The minimum Gasteiger partial charge on any atom is -0.494 e. The first-order chi connectivity index (χ1) is 9.60. The zero-order valence-corrected chi connectivity index (χ0v) is 12.5. The number of ether oxygens (including phenoxy) is 1. The van der Waals surface area contributed by atoms with Crippen LogP contribution in [0.5, 0.6) is 5.75 Å². The molecule has 106 valence electrons. The van der Waals surface area contributed by atoms with E-state index in [0.717, 1.165) is 23.4 Å². The lowest BCUT2D eigenvalue weighted by molar-refractivity contribution is 0.340. The van der Waals surface area contributed by atoms with Gasteiger partial charge in [0.1, 0.15) is 17.4 Å². The predicted molar refractivity (Wildman–Crippen MR) is 79.0 cm³/mol.